The summed E-state index contributed by atoms with van der Waals surface area (Å²) in [7, 11) is 0. The van der Waals surface area contributed by atoms with Crippen molar-refractivity contribution in [3.8, 4) is 0 Å². The second kappa shape index (κ2) is 5.64. The number of nitrogens with zero attached hydrogens (tertiary/aromatic N) is 3. The van der Waals surface area contributed by atoms with Crippen LogP contribution in [0.5, 0.6) is 0 Å². The van der Waals surface area contributed by atoms with Crippen LogP contribution in [0.4, 0.5) is 5.82 Å². The fourth-order valence-corrected chi connectivity index (χ4v) is 1.65. The van der Waals surface area contributed by atoms with E-state index >= 15 is 0 Å². The second-order valence-electron chi connectivity index (χ2n) is 3.88. The molecule has 0 spiro atoms. The molecule has 0 unspecified atom stereocenters. The maximum atomic E-state index is 11.7. The van der Waals surface area contributed by atoms with Gasteiger partial charge in [-0.25, -0.2) is 4.98 Å². The molecule has 0 aliphatic carbocycles. The van der Waals surface area contributed by atoms with E-state index in [0.717, 1.165) is 5.69 Å². The monoisotopic (exact) mass is 264 g/mol. The van der Waals surface area contributed by atoms with Gasteiger partial charge in [0.1, 0.15) is 5.82 Å². The van der Waals surface area contributed by atoms with Gasteiger partial charge in [-0.05, 0) is 19.1 Å². The van der Waals surface area contributed by atoms with E-state index in [1.165, 1.54) is 0 Å². The van der Waals surface area contributed by atoms with Gasteiger partial charge in [-0.15, -0.1) is 0 Å². The van der Waals surface area contributed by atoms with E-state index in [-0.39, 0.29) is 5.91 Å². The Morgan fingerprint density at radius 2 is 2.33 bits per heavy atom. The minimum absolute atomic E-state index is 0.0975. The molecule has 0 fully saturated rings. The number of rotatable bonds is 4. The third kappa shape index (κ3) is 3.56. The molecule has 0 aliphatic heterocycles. The lowest BCUT2D eigenvalue weighted by molar-refractivity contribution is -0.116. The number of halogens is 1. The summed E-state index contributed by atoms with van der Waals surface area (Å²) in [6.45, 7) is 2.37. The van der Waals surface area contributed by atoms with E-state index in [1.54, 1.807) is 23.1 Å². The largest absolute Gasteiger partial charge is 0.311 e. The Morgan fingerprint density at radius 3 is 3.00 bits per heavy atom. The van der Waals surface area contributed by atoms with Crippen LogP contribution in [0.15, 0.2) is 30.6 Å². The van der Waals surface area contributed by atoms with Crippen molar-refractivity contribution in [3.63, 3.8) is 0 Å². The van der Waals surface area contributed by atoms with Crippen molar-refractivity contribution in [2.45, 2.75) is 19.9 Å². The van der Waals surface area contributed by atoms with Gasteiger partial charge in [0.05, 0.1) is 11.2 Å². The van der Waals surface area contributed by atoms with Crippen molar-refractivity contribution < 1.29 is 4.79 Å². The quantitative estimate of drug-likeness (QED) is 0.922. The molecule has 0 saturated carbocycles. The van der Waals surface area contributed by atoms with Crippen LogP contribution in [0, 0.1) is 6.92 Å². The third-order valence-electron chi connectivity index (χ3n) is 2.33. The number of aryl methyl sites for hydroxylation is 2. The van der Waals surface area contributed by atoms with Crippen LogP contribution in [0.3, 0.4) is 0 Å². The number of nitrogens with one attached hydrogen (secondary N) is 1. The second-order valence-corrected chi connectivity index (χ2v) is 4.32. The molecule has 0 saturated heterocycles. The van der Waals surface area contributed by atoms with Crippen molar-refractivity contribution in [2.75, 3.05) is 5.32 Å². The number of hydrogen-bond acceptors (Lipinski definition) is 3. The molecule has 5 nitrogen and oxygen atoms in total. The predicted molar refractivity (Wildman–Crippen MR) is 69.5 cm³/mol. The van der Waals surface area contributed by atoms with Gasteiger partial charge in [-0.1, -0.05) is 17.7 Å². The van der Waals surface area contributed by atoms with Crippen molar-refractivity contribution in [1.29, 1.82) is 0 Å². The van der Waals surface area contributed by atoms with Gasteiger partial charge in [0, 0.05) is 24.9 Å². The average Bonchev–Trinajstić information content (AvgIpc) is 2.73. The molecule has 1 N–H and O–H groups in total. The molecule has 2 aromatic rings. The van der Waals surface area contributed by atoms with E-state index in [4.69, 9.17) is 11.6 Å². The molecule has 0 radical (unpaired) electrons. The highest BCUT2D eigenvalue weighted by atomic mass is 35.5. The smallest absolute Gasteiger partial charge is 0.227 e. The molecule has 0 bridgehead atoms. The van der Waals surface area contributed by atoms with Crippen LogP contribution >= 0.6 is 11.6 Å². The number of pyridine rings is 1. The van der Waals surface area contributed by atoms with Crippen LogP contribution < -0.4 is 5.32 Å². The Kier molecular flexibility index (Phi) is 3.94. The van der Waals surface area contributed by atoms with Gasteiger partial charge in [-0.2, -0.15) is 5.10 Å². The van der Waals surface area contributed by atoms with Gasteiger partial charge in [0.15, 0.2) is 0 Å². The summed E-state index contributed by atoms with van der Waals surface area (Å²) < 4.78 is 1.63. The zero-order chi connectivity index (χ0) is 13.0. The average molecular weight is 265 g/mol. The van der Waals surface area contributed by atoms with E-state index < -0.39 is 0 Å². The number of carbonyl (C=O) groups excluding carboxylic acids is 1. The van der Waals surface area contributed by atoms with Crippen LogP contribution in [0.2, 0.25) is 5.02 Å². The number of aromatic nitrogens is 3. The van der Waals surface area contributed by atoms with Crippen LogP contribution in [0.25, 0.3) is 0 Å². The molecule has 0 aromatic carbocycles. The van der Waals surface area contributed by atoms with Gasteiger partial charge < -0.3 is 5.32 Å². The minimum atomic E-state index is -0.0975. The Balaban J connectivity index is 1.85. The van der Waals surface area contributed by atoms with Crippen molar-refractivity contribution in [3.05, 3.63) is 41.3 Å². The first-order valence-corrected chi connectivity index (χ1v) is 5.93. The molecule has 0 atom stereocenters. The van der Waals surface area contributed by atoms with E-state index in [9.17, 15) is 4.79 Å². The standard InChI is InChI=1S/C12H13ClN4O/c1-9-3-2-4-11(15-9)16-12(18)5-6-17-8-10(13)7-14-17/h2-4,7-8H,5-6H2,1H3,(H,15,16,18). The van der Waals surface area contributed by atoms with E-state index in [2.05, 4.69) is 15.4 Å². The van der Waals surface area contributed by atoms with Gasteiger partial charge >= 0.3 is 0 Å². The summed E-state index contributed by atoms with van der Waals surface area (Å²) in [6, 6.07) is 5.49. The zero-order valence-corrected chi connectivity index (χ0v) is 10.7. The highest BCUT2D eigenvalue weighted by molar-refractivity contribution is 6.30. The lowest BCUT2D eigenvalue weighted by atomic mass is 10.3. The molecular formula is C12H13ClN4O. The maximum absolute atomic E-state index is 11.7. The highest BCUT2D eigenvalue weighted by Crippen LogP contribution is 2.07. The molecule has 94 valence electrons. The zero-order valence-electron chi connectivity index (χ0n) is 9.93. The number of carbonyl (C=O) groups is 1. The molecule has 1 amide bonds. The number of anilines is 1. The number of hydrogen-bond donors (Lipinski definition) is 1. The molecule has 6 heteroatoms. The summed E-state index contributed by atoms with van der Waals surface area (Å²) in [5.74, 6) is 0.471. The maximum Gasteiger partial charge on any atom is 0.227 e. The first-order valence-electron chi connectivity index (χ1n) is 5.55. The van der Waals surface area contributed by atoms with E-state index in [0.29, 0.717) is 23.8 Å². The van der Waals surface area contributed by atoms with Crippen LogP contribution in [-0.4, -0.2) is 20.7 Å². The minimum Gasteiger partial charge on any atom is -0.311 e. The van der Waals surface area contributed by atoms with Crippen LogP contribution in [-0.2, 0) is 11.3 Å². The molecule has 0 aliphatic rings. The van der Waals surface area contributed by atoms with Gasteiger partial charge in [0.2, 0.25) is 5.91 Å². The van der Waals surface area contributed by atoms with Crippen molar-refractivity contribution in [2.24, 2.45) is 0 Å². The summed E-state index contributed by atoms with van der Waals surface area (Å²) in [4.78, 5) is 15.9. The van der Waals surface area contributed by atoms with Crippen LogP contribution in [0.1, 0.15) is 12.1 Å². The summed E-state index contributed by atoms with van der Waals surface area (Å²) >= 11 is 5.73. The Hall–Kier alpha value is -1.88. The molecule has 2 aromatic heterocycles. The molecular weight excluding hydrogens is 252 g/mol. The van der Waals surface area contributed by atoms with Gasteiger partial charge in [0.25, 0.3) is 0 Å². The lowest BCUT2D eigenvalue weighted by Crippen LogP contribution is -2.15. The fourth-order valence-electron chi connectivity index (χ4n) is 1.49. The number of amides is 1. The topological polar surface area (TPSA) is 59.8 Å². The van der Waals surface area contributed by atoms with E-state index in [1.807, 2.05) is 19.1 Å². The lowest BCUT2D eigenvalue weighted by Gasteiger charge is -2.05. The predicted octanol–water partition coefficient (Wildman–Crippen LogP) is 2.27. The van der Waals surface area contributed by atoms with Crippen molar-refractivity contribution >= 4 is 23.3 Å². The SMILES string of the molecule is Cc1cccc(NC(=O)CCn2cc(Cl)cn2)n1. The molecule has 18 heavy (non-hydrogen) atoms. The summed E-state index contributed by atoms with van der Waals surface area (Å²) in [5.41, 5.74) is 0.867. The first kappa shape index (κ1) is 12.6. The fraction of sp³-hybridized carbons (Fsp3) is 0.250. The highest BCUT2D eigenvalue weighted by Gasteiger charge is 2.04. The van der Waals surface area contributed by atoms with Gasteiger partial charge in [-0.3, -0.25) is 9.48 Å². The Morgan fingerprint density at radius 1 is 1.50 bits per heavy atom. The van der Waals surface area contributed by atoms with Crippen molar-refractivity contribution in [1.82, 2.24) is 14.8 Å². The molecule has 2 rings (SSSR count). The summed E-state index contributed by atoms with van der Waals surface area (Å²) in [5, 5.41) is 7.30. The Bertz CT molecular complexity index is 553. The normalized spacial score (nSPS) is 10.3. The third-order valence-corrected chi connectivity index (χ3v) is 2.52. The molecule has 2 heterocycles. The first-order chi connectivity index (χ1) is 8.63. The summed E-state index contributed by atoms with van der Waals surface area (Å²) in [6.07, 6.45) is 3.55. The Labute approximate surface area is 110 Å².